The highest BCUT2D eigenvalue weighted by molar-refractivity contribution is 6.57. The lowest BCUT2D eigenvalue weighted by Gasteiger charge is -2.26. The van der Waals surface area contributed by atoms with Crippen LogP contribution in [-0.4, -0.2) is 28.2 Å². The molecule has 0 radical (unpaired) electrons. The van der Waals surface area contributed by atoms with Crippen LogP contribution in [0, 0.1) is 0 Å². The number of hydrogen-bond acceptors (Lipinski definition) is 1. The average molecular weight is 259 g/mol. The minimum Gasteiger partial charge on any atom is -0.335 e. The summed E-state index contributed by atoms with van der Waals surface area (Å²) in [5, 5.41) is 0.393. The Balaban J connectivity index is 4.49. The smallest absolute Gasteiger partial charge is 0.259 e. The van der Waals surface area contributed by atoms with Crippen molar-refractivity contribution in [2.45, 2.75) is 24.6 Å². The Hall–Kier alpha value is 0.0800. The van der Waals surface area contributed by atoms with E-state index >= 15 is 0 Å². The van der Waals surface area contributed by atoms with Gasteiger partial charge in [0, 0.05) is 11.6 Å². The van der Waals surface area contributed by atoms with Crippen molar-refractivity contribution in [3.05, 3.63) is 11.6 Å². The second kappa shape index (κ2) is 5.84. The molecule has 2 nitrogen and oxygen atoms in total. The molecule has 0 fully saturated rings. The third-order valence-corrected chi connectivity index (χ3v) is 1.96. The highest BCUT2D eigenvalue weighted by atomic mass is 35.5. The zero-order valence-corrected chi connectivity index (χ0v) is 10.6. The minimum absolute atomic E-state index is 0.281. The Morgan fingerprint density at radius 2 is 2.00 bits per heavy atom. The maximum Gasteiger partial charge on any atom is 0.259 e. The number of hydrogen-bond donors (Lipinski definition) is 0. The molecule has 0 spiro atoms. The first kappa shape index (κ1) is 14.1. The van der Waals surface area contributed by atoms with Gasteiger partial charge in [-0.3, -0.25) is 4.79 Å². The molecule has 0 aliphatic rings. The van der Waals surface area contributed by atoms with Crippen molar-refractivity contribution in [2.24, 2.45) is 0 Å². The first-order chi connectivity index (χ1) is 6.29. The van der Waals surface area contributed by atoms with E-state index < -0.39 is 4.33 Å². The van der Waals surface area contributed by atoms with Crippen LogP contribution in [0.25, 0.3) is 0 Å². The van der Waals surface area contributed by atoms with Crippen LogP contribution >= 0.6 is 34.8 Å². The highest BCUT2D eigenvalue weighted by Crippen LogP contribution is 2.23. The van der Waals surface area contributed by atoms with Crippen molar-refractivity contribution >= 4 is 40.7 Å². The van der Waals surface area contributed by atoms with Crippen molar-refractivity contribution in [1.82, 2.24) is 4.90 Å². The number of nitrogens with zero attached hydrogens (tertiary/aromatic N) is 1. The number of alkyl halides is 2. The van der Waals surface area contributed by atoms with E-state index in [2.05, 4.69) is 6.58 Å². The molecule has 0 N–H and O–H groups in total. The van der Waals surface area contributed by atoms with Gasteiger partial charge in [0.05, 0.1) is 6.54 Å². The highest BCUT2D eigenvalue weighted by Gasteiger charge is 2.31. The predicted molar refractivity (Wildman–Crippen MR) is 62.0 cm³/mol. The third-order valence-electron chi connectivity index (χ3n) is 1.52. The van der Waals surface area contributed by atoms with Crippen LogP contribution in [0.2, 0.25) is 0 Å². The summed E-state index contributed by atoms with van der Waals surface area (Å²) in [4.78, 5) is 13.1. The van der Waals surface area contributed by atoms with E-state index in [9.17, 15) is 4.79 Å². The van der Waals surface area contributed by atoms with Crippen molar-refractivity contribution in [3.63, 3.8) is 0 Å². The minimum atomic E-state index is -1.40. The number of carbonyl (C=O) groups is 1. The molecule has 0 saturated carbocycles. The average Bonchev–Trinajstić information content (AvgIpc) is 2.00. The summed E-state index contributed by atoms with van der Waals surface area (Å²) < 4.78 is -1.40. The van der Waals surface area contributed by atoms with Gasteiger partial charge in [-0.1, -0.05) is 48.3 Å². The molecule has 14 heavy (non-hydrogen) atoms. The molecule has 0 aromatic rings. The fraction of sp³-hybridized carbons (Fsp3) is 0.667. The number of halogens is 3. The van der Waals surface area contributed by atoms with Gasteiger partial charge in [0.2, 0.25) is 0 Å². The van der Waals surface area contributed by atoms with Gasteiger partial charge < -0.3 is 4.90 Å². The molecule has 0 aromatic carbocycles. The van der Waals surface area contributed by atoms with Gasteiger partial charge in [0.25, 0.3) is 5.91 Å². The van der Waals surface area contributed by atoms with E-state index in [0.29, 0.717) is 11.6 Å². The van der Waals surface area contributed by atoms with Gasteiger partial charge in [0.1, 0.15) is 0 Å². The second-order valence-electron chi connectivity index (χ2n) is 3.13. The molecule has 0 aromatic heterocycles. The number of carbonyl (C=O) groups excluding carboxylic acids is 1. The van der Waals surface area contributed by atoms with Crippen LogP contribution in [0.1, 0.15) is 20.3 Å². The molecule has 0 unspecified atom stereocenters. The summed E-state index contributed by atoms with van der Waals surface area (Å²) in [5.41, 5.74) is 0. The zero-order chi connectivity index (χ0) is 11.4. The number of rotatable bonds is 5. The molecule has 0 bridgehead atoms. The summed E-state index contributed by atoms with van der Waals surface area (Å²) in [6.07, 6.45) is 0.819. The maximum atomic E-state index is 11.7. The standard InChI is InChI=1S/C9H14Cl3NO/c1-4-5-13(6-7(2)10)8(14)9(3,11)12/h2,4-6H2,1,3H3. The Kier molecular flexibility index (Phi) is 5.87. The van der Waals surface area contributed by atoms with Gasteiger partial charge in [-0.05, 0) is 13.3 Å². The molecule has 0 aliphatic carbocycles. The number of amides is 1. The first-order valence-corrected chi connectivity index (χ1v) is 5.43. The Morgan fingerprint density at radius 3 is 2.29 bits per heavy atom. The molecule has 0 aliphatic heterocycles. The van der Waals surface area contributed by atoms with Gasteiger partial charge in [-0.15, -0.1) is 0 Å². The van der Waals surface area contributed by atoms with Crippen molar-refractivity contribution < 1.29 is 4.79 Å². The Bertz CT molecular complexity index is 223. The normalized spacial score (nSPS) is 11.2. The lowest BCUT2D eigenvalue weighted by Crippen LogP contribution is -2.41. The molecule has 0 rings (SSSR count). The van der Waals surface area contributed by atoms with Crippen molar-refractivity contribution in [1.29, 1.82) is 0 Å². The molecule has 0 heterocycles. The van der Waals surface area contributed by atoms with E-state index in [1.807, 2.05) is 6.92 Å². The van der Waals surface area contributed by atoms with Crippen molar-refractivity contribution in [3.8, 4) is 0 Å². The maximum absolute atomic E-state index is 11.7. The van der Waals surface area contributed by atoms with Gasteiger partial charge >= 0.3 is 0 Å². The van der Waals surface area contributed by atoms with Gasteiger partial charge in [0.15, 0.2) is 4.33 Å². The zero-order valence-electron chi connectivity index (χ0n) is 8.32. The summed E-state index contributed by atoms with van der Waals surface area (Å²) in [6.45, 7) is 7.78. The van der Waals surface area contributed by atoms with E-state index in [0.717, 1.165) is 6.42 Å². The quantitative estimate of drug-likeness (QED) is 0.694. The second-order valence-corrected chi connectivity index (χ2v) is 5.37. The van der Waals surface area contributed by atoms with Crippen LogP contribution < -0.4 is 0 Å². The monoisotopic (exact) mass is 257 g/mol. The molecule has 82 valence electrons. The topological polar surface area (TPSA) is 20.3 Å². The lowest BCUT2D eigenvalue weighted by atomic mass is 10.3. The van der Waals surface area contributed by atoms with Crippen molar-refractivity contribution in [2.75, 3.05) is 13.1 Å². The van der Waals surface area contributed by atoms with E-state index in [-0.39, 0.29) is 12.5 Å². The molecular weight excluding hydrogens is 244 g/mol. The fourth-order valence-corrected chi connectivity index (χ4v) is 1.39. The summed E-state index contributed by atoms with van der Waals surface area (Å²) in [6, 6.07) is 0. The Morgan fingerprint density at radius 1 is 1.50 bits per heavy atom. The van der Waals surface area contributed by atoms with Gasteiger partial charge in [-0.2, -0.15) is 0 Å². The molecule has 5 heteroatoms. The van der Waals surface area contributed by atoms with Gasteiger partial charge in [-0.25, -0.2) is 0 Å². The van der Waals surface area contributed by atoms with Crippen LogP contribution in [-0.2, 0) is 4.79 Å². The first-order valence-electron chi connectivity index (χ1n) is 4.29. The van der Waals surface area contributed by atoms with E-state index in [1.165, 1.54) is 11.8 Å². The third kappa shape index (κ3) is 5.08. The van der Waals surface area contributed by atoms with E-state index in [1.54, 1.807) is 0 Å². The molecule has 0 atom stereocenters. The lowest BCUT2D eigenvalue weighted by molar-refractivity contribution is -0.131. The summed E-state index contributed by atoms with van der Waals surface area (Å²) >= 11 is 17.0. The van der Waals surface area contributed by atoms with E-state index in [4.69, 9.17) is 34.8 Å². The fourth-order valence-electron chi connectivity index (χ4n) is 1.01. The SMILES string of the molecule is C=C(Cl)CN(CCC)C(=O)C(C)(Cl)Cl. The predicted octanol–water partition coefficient (Wildman–Crippen LogP) is 3.17. The van der Waals surface area contributed by atoms with Crippen LogP contribution in [0.3, 0.4) is 0 Å². The van der Waals surface area contributed by atoms with Crippen LogP contribution in [0.15, 0.2) is 11.6 Å². The van der Waals surface area contributed by atoms with Crippen LogP contribution in [0.5, 0.6) is 0 Å². The molecular formula is C9H14Cl3NO. The molecule has 0 saturated heterocycles. The molecule has 1 amide bonds. The Labute approximate surface area is 99.8 Å². The summed E-state index contributed by atoms with van der Waals surface area (Å²) in [7, 11) is 0. The largest absolute Gasteiger partial charge is 0.335 e. The summed E-state index contributed by atoms with van der Waals surface area (Å²) in [5.74, 6) is -0.343. The van der Waals surface area contributed by atoms with Crippen LogP contribution in [0.4, 0.5) is 0 Å².